The molecule has 0 unspecified atom stereocenters. The van der Waals surface area contributed by atoms with E-state index in [9.17, 15) is 4.79 Å². The minimum Gasteiger partial charge on any atom is -0.489 e. The van der Waals surface area contributed by atoms with E-state index in [4.69, 9.17) is 4.74 Å². The number of aryl methyl sites for hydroxylation is 2. The molecule has 1 saturated carbocycles. The summed E-state index contributed by atoms with van der Waals surface area (Å²) in [7, 11) is 1.82. The minimum atomic E-state index is 0.0435. The van der Waals surface area contributed by atoms with Crippen molar-refractivity contribution in [1.82, 2.24) is 14.1 Å². The number of pyridine rings is 1. The first kappa shape index (κ1) is 20.4. The van der Waals surface area contributed by atoms with Gasteiger partial charge in [0.05, 0.1) is 17.2 Å². The molecular formula is C26H28N4O2. The molecule has 4 aromatic rings. The van der Waals surface area contributed by atoms with E-state index in [2.05, 4.69) is 22.4 Å². The number of benzene rings is 2. The van der Waals surface area contributed by atoms with Crippen LogP contribution in [0.5, 0.6) is 5.75 Å². The average molecular weight is 429 g/mol. The van der Waals surface area contributed by atoms with Gasteiger partial charge in [-0.25, -0.2) is 9.78 Å². The Labute approximate surface area is 187 Å². The van der Waals surface area contributed by atoms with Gasteiger partial charge in [0, 0.05) is 24.8 Å². The molecule has 0 aliphatic heterocycles. The van der Waals surface area contributed by atoms with E-state index in [1.807, 2.05) is 61.0 Å². The van der Waals surface area contributed by atoms with E-state index in [0.717, 1.165) is 52.3 Å². The van der Waals surface area contributed by atoms with Gasteiger partial charge in [-0.05, 0) is 49.1 Å². The van der Waals surface area contributed by atoms with Crippen LogP contribution in [0.3, 0.4) is 0 Å². The number of hydrogen-bond donors (Lipinski definition) is 1. The monoisotopic (exact) mass is 428 g/mol. The van der Waals surface area contributed by atoms with Crippen molar-refractivity contribution in [3.05, 3.63) is 82.4 Å². The number of nitrogens with one attached hydrogen (secondary N) is 1. The van der Waals surface area contributed by atoms with Crippen molar-refractivity contribution in [2.45, 2.75) is 45.3 Å². The van der Waals surface area contributed by atoms with Gasteiger partial charge in [-0.3, -0.25) is 9.13 Å². The summed E-state index contributed by atoms with van der Waals surface area (Å²) in [5, 5.41) is 3.42. The molecule has 1 aliphatic rings. The first-order valence-corrected chi connectivity index (χ1v) is 11.2. The number of hydrogen-bond acceptors (Lipinski definition) is 4. The lowest BCUT2D eigenvalue weighted by molar-refractivity contribution is 0.306. The SMILES string of the molecule is Cc1cc(OCc2ccccc2)ccc1Nc1cc2c(cn1)n(C)c(=O)n2C1CCCC1. The van der Waals surface area contributed by atoms with Gasteiger partial charge in [0.2, 0.25) is 0 Å². The van der Waals surface area contributed by atoms with Crippen molar-refractivity contribution in [3.63, 3.8) is 0 Å². The van der Waals surface area contributed by atoms with E-state index in [1.54, 1.807) is 10.8 Å². The quantitative estimate of drug-likeness (QED) is 0.442. The Hall–Kier alpha value is -3.54. The van der Waals surface area contributed by atoms with Crippen LogP contribution in [0.25, 0.3) is 11.0 Å². The highest BCUT2D eigenvalue weighted by Gasteiger charge is 2.23. The van der Waals surface area contributed by atoms with E-state index in [-0.39, 0.29) is 11.7 Å². The predicted octanol–water partition coefficient (Wildman–Crippen LogP) is 5.48. The third-order valence-corrected chi connectivity index (χ3v) is 6.37. The minimum absolute atomic E-state index is 0.0435. The van der Waals surface area contributed by atoms with E-state index in [0.29, 0.717) is 6.61 Å². The zero-order chi connectivity index (χ0) is 22.1. The van der Waals surface area contributed by atoms with Gasteiger partial charge in [-0.2, -0.15) is 0 Å². The highest BCUT2D eigenvalue weighted by molar-refractivity contribution is 5.79. The summed E-state index contributed by atoms with van der Waals surface area (Å²) < 4.78 is 9.60. The molecule has 2 aromatic carbocycles. The predicted molar refractivity (Wildman–Crippen MR) is 128 cm³/mol. The third-order valence-electron chi connectivity index (χ3n) is 6.37. The van der Waals surface area contributed by atoms with Crippen molar-refractivity contribution in [2.75, 3.05) is 5.32 Å². The van der Waals surface area contributed by atoms with Gasteiger partial charge >= 0.3 is 5.69 Å². The topological polar surface area (TPSA) is 61.1 Å². The molecular weight excluding hydrogens is 400 g/mol. The van der Waals surface area contributed by atoms with Crippen molar-refractivity contribution >= 4 is 22.5 Å². The normalized spacial score (nSPS) is 14.2. The van der Waals surface area contributed by atoms with Crippen LogP contribution in [-0.2, 0) is 13.7 Å². The molecule has 6 nitrogen and oxygen atoms in total. The molecule has 1 aliphatic carbocycles. The third kappa shape index (κ3) is 3.88. The van der Waals surface area contributed by atoms with Gasteiger partial charge in [-0.15, -0.1) is 0 Å². The maximum atomic E-state index is 12.9. The highest BCUT2D eigenvalue weighted by atomic mass is 16.5. The van der Waals surface area contributed by atoms with Crippen LogP contribution in [0.1, 0.15) is 42.9 Å². The highest BCUT2D eigenvalue weighted by Crippen LogP contribution is 2.32. The van der Waals surface area contributed by atoms with Gasteiger partial charge in [0.25, 0.3) is 0 Å². The standard InChI is InChI=1S/C26H28N4O2/c1-18-14-21(32-17-19-8-4-3-5-9-19)12-13-22(18)28-25-15-23-24(16-27-25)29(2)26(31)30(23)20-10-6-7-11-20/h3-5,8-9,12-16,20H,6-7,10-11,17H2,1-2H3,(H,27,28). The second-order valence-corrected chi connectivity index (χ2v) is 8.58. The number of nitrogens with zero attached hydrogens (tertiary/aromatic N) is 3. The first-order valence-electron chi connectivity index (χ1n) is 11.2. The van der Waals surface area contributed by atoms with Crippen LogP contribution in [0.2, 0.25) is 0 Å². The van der Waals surface area contributed by atoms with Crippen molar-refractivity contribution < 1.29 is 4.74 Å². The maximum Gasteiger partial charge on any atom is 0.329 e. The molecule has 32 heavy (non-hydrogen) atoms. The summed E-state index contributed by atoms with van der Waals surface area (Å²) in [4.78, 5) is 17.4. The lowest BCUT2D eigenvalue weighted by atomic mass is 10.2. The molecule has 5 rings (SSSR count). The molecule has 2 aromatic heterocycles. The van der Waals surface area contributed by atoms with E-state index < -0.39 is 0 Å². The molecule has 1 fully saturated rings. The largest absolute Gasteiger partial charge is 0.489 e. The van der Waals surface area contributed by atoms with Crippen LogP contribution in [0.15, 0.2) is 65.6 Å². The summed E-state index contributed by atoms with van der Waals surface area (Å²) >= 11 is 0. The molecule has 0 radical (unpaired) electrons. The summed E-state index contributed by atoms with van der Waals surface area (Å²) in [6.07, 6.45) is 6.28. The summed E-state index contributed by atoms with van der Waals surface area (Å²) in [5.74, 6) is 1.56. The lowest BCUT2D eigenvalue weighted by Gasteiger charge is -2.13. The number of fused-ring (bicyclic) bond motifs is 1. The summed E-state index contributed by atoms with van der Waals surface area (Å²) in [6, 6.07) is 18.4. The van der Waals surface area contributed by atoms with Crippen LogP contribution >= 0.6 is 0 Å². The number of aromatic nitrogens is 3. The Bertz CT molecular complexity index is 1300. The van der Waals surface area contributed by atoms with E-state index in [1.165, 1.54) is 12.8 Å². The fraction of sp³-hybridized carbons (Fsp3) is 0.308. The Morgan fingerprint density at radius 3 is 2.59 bits per heavy atom. The van der Waals surface area contributed by atoms with Gasteiger partial charge in [0.1, 0.15) is 18.2 Å². The fourth-order valence-electron chi connectivity index (χ4n) is 4.59. The smallest absolute Gasteiger partial charge is 0.329 e. The van der Waals surface area contributed by atoms with Crippen LogP contribution in [0.4, 0.5) is 11.5 Å². The van der Waals surface area contributed by atoms with Crippen LogP contribution in [0, 0.1) is 6.92 Å². The second-order valence-electron chi connectivity index (χ2n) is 8.58. The molecule has 1 N–H and O–H groups in total. The molecule has 0 amide bonds. The Balaban J connectivity index is 1.38. The summed E-state index contributed by atoms with van der Waals surface area (Å²) in [6.45, 7) is 2.59. The van der Waals surface area contributed by atoms with E-state index >= 15 is 0 Å². The molecule has 164 valence electrons. The average Bonchev–Trinajstić information content (AvgIpc) is 3.41. The number of imidazole rings is 1. The van der Waals surface area contributed by atoms with Crippen molar-refractivity contribution in [2.24, 2.45) is 7.05 Å². The second kappa shape index (κ2) is 8.54. The van der Waals surface area contributed by atoms with Crippen molar-refractivity contribution in [3.8, 4) is 5.75 Å². The number of ether oxygens (including phenoxy) is 1. The van der Waals surface area contributed by atoms with Gasteiger partial charge in [-0.1, -0.05) is 43.2 Å². The van der Waals surface area contributed by atoms with Crippen LogP contribution < -0.4 is 15.7 Å². The first-order chi connectivity index (χ1) is 15.6. The van der Waals surface area contributed by atoms with Gasteiger partial charge < -0.3 is 10.1 Å². The summed E-state index contributed by atoms with van der Waals surface area (Å²) in [5.41, 5.74) is 5.03. The number of anilines is 2. The molecule has 6 heteroatoms. The molecule has 0 spiro atoms. The molecule has 2 heterocycles. The lowest BCUT2D eigenvalue weighted by Crippen LogP contribution is -2.24. The maximum absolute atomic E-state index is 12.9. The Kier molecular flexibility index (Phi) is 5.43. The Morgan fingerprint density at radius 1 is 1.06 bits per heavy atom. The van der Waals surface area contributed by atoms with Crippen LogP contribution in [-0.4, -0.2) is 14.1 Å². The fourth-order valence-corrected chi connectivity index (χ4v) is 4.59. The van der Waals surface area contributed by atoms with Gasteiger partial charge in [0.15, 0.2) is 0 Å². The molecule has 0 bridgehead atoms. The van der Waals surface area contributed by atoms with Crippen molar-refractivity contribution in [1.29, 1.82) is 0 Å². The zero-order valence-corrected chi connectivity index (χ0v) is 18.5. The molecule has 0 atom stereocenters. The number of rotatable bonds is 6. The Morgan fingerprint density at radius 2 is 1.84 bits per heavy atom. The zero-order valence-electron chi connectivity index (χ0n) is 18.5. The molecule has 0 saturated heterocycles.